The van der Waals surface area contributed by atoms with Crippen LogP contribution < -0.4 is 5.32 Å². The lowest BCUT2D eigenvalue weighted by molar-refractivity contribution is 0.269. The zero-order valence-electron chi connectivity index (χ0n) is 7.00. The molecule has 1 aromatic rings. The molecule has 0 aromatic heterocycles. The molecule has 0 saturated heterocycles. The Morgan fingerprint density at radius 3 is 2.42 bits per heavy atom. The number of carbonyl (C=O) groups is 1. The first kappa shape index (κ1) is 9.31. The third-order valence-corrected chi connectivity index (χ3v) is 1.77. The van der Waals surface area contributed by atoms with Gasteiger partial charge in [-0.25, -0.2) is 0 Å². The van der Waals surface area contributed by atoms with Crippen LogP contribution in [0.5, 0.6) is 0 Å². The standard InChI is InChI=1S/C9H10NO.Al/c1-2-8-3-5-9(6-4-8)10-7-11;/h3-6H,2H2,1H3,(H,10,11);. The van der Waals surface area contributed by atoms with Crippen LogP contribution in [0.3, 0.4) is 0 Å². The molecule has 0 saturated carbocycles. The number of nitrogens with one attached hydrogen (secondary N) is 1. The van der Waals surface area contributed by atoms with E-state index in [1.165, 1.54) is 5.56 Å². The van der Waals surface area contributed by atoms with Gasteiger partial charge in [-0.1, -0.05) is 19.1 Å². The fourth-order valence-electron chi connectivity index (χ4n) is 0.966. The third-order valence-electron chi connectivity index (χ3n) is 1.63. The molecular formula is C9H10AlNO. The summed E-state index contributed by atoms with van der Waals surface area (Å²) in [7, 11) is 0. The Balaban J connectivity index is 2.71. The van der Waals surface area contributed by atoms with E-state index < -0.39 is 0 Å². The Bertz CT molecular complexity index is 268. The Hall–Kier alpha value is -0.778. The summed E-state index contributed by atoms with van der Waals surface area (Å²) in [6.45, 7) is 2.10. The molecule has 0 aliphatic heterocycles. The van der Waals surface area contributed by atoms with Gasteiger partial charge in [-0.2, -0.15) is 0 Å². The minimum atomic E-state index is -0.112. The zero-order valence-corrected chi connectivity index (χ0v) is 8.16. The molecule has 0 spiro atoms. The van der Waals surface area contributed by atoms with Gasteiger partial charge in [0.25, 0.3) is 16.3 Å². The summed E-state index contributed by atoms with van der Waals surface area (Å²) in [4.78, 5) is 10.6. The number of amides is 1. The molecule has 1 N–H and O–H groups in total. The van der Waals surface area contributed by atoms with E-state index in [-0.39, 0.29) is 4.77 Å². The highest BCUT2D eigenvalue weighted by Crippen LogP contribution is 2.09. The highest BCUT2D eigenvalue weighted by molar-refractivity contribution is 6.60. The van der Waals surface area contributed by atoms with Crippen LogP contribution >= 0.6 is 0 Å². The van der Waals surface area contributed by atoms with Crippen molar-refractivity contribution in [3.8, 4) is 0 Å². The summed E-state index contributed by atoms with van der Waals surface area (Å²) < 4.78 is -0.112. The SMILES string of the molecule is CCc1ccc(N[C](=O)[Al])cc1. The van der Waals surface area contributed by atoms with Crippen LogP contribution in [0.25, 0.3) is 0 Å². The molecule has 0 atom stereocenters. The van der Waals surface area contributed by atoms with Gasteiger partial charge in [-0.3, -0.25) is 0 Å². The van der Waals surface area contributed by atoms with E-state index in [1.54, 1.807) is 0 Å². The molecule has 1 aromatic carbocycles. The molecule has 2 radical (unpaired) electrons. The monoisotopic (exact) mass is 175 g/mol. The Morgan fingerprint density at radius 2 is 2.00 bits per heavy atom. The minimum absolute atomic E-state index is 0.112. The van der Waals surface area contributed by atoms with Crippen LogP contribution in [0, 0.1) is 0 Å². The molecule has 0 fully saturated rings. The second-order valence-corrected chi connectivity index (χ2v) is 3.06. The summed E-state index contributed by atoms with van der Waals surface area (Å²) in [5, 5.41) is 2.68. The van der Waals surface area contributed by atoms with Crippen LogP contribution in [0.2, 0.25) is 0 Å². The third kappa shape index (κ3) is 2.69. The normalized spacial score (nSPS) is 9.42. The number of hydrogen-bond acceptors (Lipinski definition) is 1. The van der Waals surface area contributed by atoms with Crippen molar-refractivity contribution in [1.29, 1.82) is 0 Å². The van der Waals surface area contributed by atoms with Crippen molar-refractivity contribution in [3.63, 3.8) is 0 Å². The number of benzene rings is 1. The number of anilines is 1. The Labute approximate surface area is 80.4 Å². The van der Waals surface area contributed by atoms with Crippen molar-refractivity contribution in [2.45, 2.75) is 13.3 Å². The molecule has 60 valence electrons. The fraction of sp³-hybridized carbons (Fsp3) is 0.222. The first-order valence-corrected chi connectivity index (χ1v) is 4.45. The molecule has 0 unspecified atom stereocenters. The van der Waals surface area contributed by atoms with Crippen LogP contribution in [0.4, 0.5) is 10.5 Å². The van der Waals surface area contributed by atoms with Gasteiger partial charge in [0, 0.05) is 5.69 Å². The molecule has 0 aliphatic rings. The molecule has 0 aliphatic carbocycles. The Morgan fingerprint density at radius 1 is 1.42 bits per heavy atom. The maximum absolute atomic E-state index is 10.6. The van der Waals surface area contributed by atoms with E-state index >= 15 is 0 Å². The summed E-state index contributed by atoms with van der Waals surface area (Å²) in [5.41, 5.74) is 2.11. The molecule has 0 bridgehead atoms. The predicted octanol–water partition coefficient (Wildman–Crippen LogP) is 1.95. The second-order valence-electron chi connectivity index (χ2n) is 2.54. The topological polar surface area (TPSA) is 29.1 Å². The lowest BCUT2D eigenvalue weighted by Crippen LogP contribution is -2.07. The van der Waals surface area contributed by atoms with Crippen molar-refractivity contribution < 1.29 is 4.79 Å². The van der Waals surface area contributed by atoms with Gasteiger partial charge in [0.05, 0.1) is 0 Å². The maximum Gasteiger partial charge on any atom is 0.281 e. The van der Waals surface area contributed by atoms with E-state index in [4.69, 9.17) is 0 Å². The quantitative estimate of drug-likeness (QED) is 0.684. The van der Waals surface area contributed by atoms with Crippen molar-refractivity contribution >= 4 is 26.7 Å². The van der Waals surface area contributed by atoms with Crippen molar-refractivity contribution in [1.82, 2.24) is 0 Å². The molecule has 2 nitrogen and oxygen atoms in total. The van der Waals surface area contributed by atoms with E-state index in [1.807, 2.05) is 24.3 Å². The summed E-state index contributed by atoms with van der Waals surface area (Å²) >= 11 is 2.08. The average Bonchev–Trinajstić information content (AvgIpc) is 2.05. The zero-order chi connectivity index (χ0) is 8.97. The first-order chi connectivity index (χ1) is 5.72. The molecule has 1 rings (SSSR count). The van der Waals surface area contributed by atoms with Gasteiger partial charge < -0.3 is 10.1 Å². The van der Waals surface area contributed by atoms with Crippen LogP contribution in [0.15, 0.2) is 24.3 Å². The number of rotatable bonds is 2. The molecular weight excluding hydrogens is 165 g/mol. The van der Waals surface area contributed by atoms with Gasteiger partial charge in [0.2, 0.25) is 0 Å². The van der Waals surface area contributed by atoms with Crippen LogP contribution in [0.1, 0.15) is 12.5 Å². The van der Waals surface area contributed by atoms with E-state index in [9.17, 15) is 4.79 Å². The van der Waals surface area contributed by atoms with E-state index in [2.05, 4.69) is 28.5 Å². The highest BCUT2D eigenvalue weighted by Gasteiger charge is 1.93. The van der Waals surface area contributed by atoms with Crippen molar-refractivity contribution in [2.24, 2.45) is 0 Å². The van der Waals surface area contributed by atoms with Gasteiger partial charge >= 0.3 is 0 Å². The number of carbonyl (C=O) groups excluding carboxylic acids is 1. The van der Waals surface area contributed by atoms with Gasteiger partial charge in [-0.15, -0.1) is 0 Å². The highest BCUT2D eigenvalue weighted by atomic mass is 27.0. The second kappa shape index (κ2) is 4.30. The Kier molecular flexibility index (Phi) is 3.34. The number of aryl methyl sites for hydroxylation is 1. The van der Waals surface area contributed by atoms with Gasteiger partial charge in [0.15, 0.2) is 0 Å². The molecule has 0 heterocycles. The predicted molar refractivity (Wildman–Crippen MR) is 50.6 cm³/mol. The van der Waals surface area contributed by atoms with Crippen LogP contribution in [-0.4, -0.2) is 21.1 Å². The fourth-order valence-corrected chi connectivity index (χ4v) is 1.13. The van der Waals surface area contributed by atoms with Gasteiger partial charge in [0.1, 0.15) is 4.77 Å². The van der Waals surface area contributed by atoms with E-state index in [0.29, 0.717) is 0 Å². The summed E-state index contributed by atoms with van der Waals surface area (Å²) in [5.74, 6) is 0. The molecule has 12 heavy (non-hydrogen) atoms. The van der Waals surface area contributed by atoms with E-state index in [0.717, 1.165) is 12.1 Å². The summed E-state index contributed by atoms with van der Waals surface area (Å²) in [6, 6.07) is 7.83. The molecule has 3 heteroatoms. The summed E-state index contributed by atoms with van der Waals surface area (Å²) in [6.07, 6.45) is 1.02. The van der Waals surface area contributed by atoms with Crippen LogP contribution in [-0.2, 0) is 6.42 Å². The lowest BCUT2D eigenvalue weighted by Gasteiger charge is -2.03. The first-order valence-electron chi connectivity index (χ1n) is 3.87. The maximum atomic E-state index is 10.6. The van der Waals surface area contributed by atoms with Crippen molar-refractivity contribution in [2.75, 3.05) is 5.32 Å². The van der Waals surface area contributed by atoms with Gasteiger partial charge in [-0.05, 0) is 24.1 Å². The van der Waals surface area contributed by atoms with Crippen molar-refractivity contribution in [3.05, 3.63) is 29.8 Å². The average molecular weight is 175 g/mol. The molecule has 1 amide bonds. The largest absolute Gasteiger partial charge is 0.345 e. The smallest absolute Gasteiger partial charge is 0.281 e. The number of hydrogen-bond donors (Lipinski definition) is 1. The lowest BCUT2D eigenvalue weighted by atomic mass is 10.1. The minimum Gasteiger partial charge on any atom is -0.345 e.